The molecule has 2 aromatic carbocycles. The van der Waals surface area contributed by atoms with Crippen LogP contribution in [0.2, 0.25) is 0 Å². The van der Waals surface area contributed by atoms with E-state index in [4.69, 9.17) is 20.4 Å². The van der Waals surface area contributed by atoms with Crippen molar-refractivity contribution < 1.29 is 30.3 Å². The third kappa shape index (κ3) is 3.49. The fraction of sp³-hybridized carbons (Fsp3) is 0.333. The van der Waals surface area contributed by atoms with Gasteiger partial charge in [0, 0.05) is 5.39 Å². The number of aliphatic hydroxyl groups is 4. The lowest BCUT2D eigenvalue weighted by atomic mass is 10.1. The number of fused-ring (bicyclic) bond motifs is 1. The molecule has 0 saturated carbocycles. The maximum absolute atomic E-state index is 9.37. The average molecular weight is 294 g/mol. The number of phenolic OH excluding ortho intramolecular Hbond substituents is 1. The Labute approximate surface area is 121 Å². The molecule has 6 heteroatoms. The van der Waals surface area contributed by atoms with Crippen LogP contribution in [-0.4, -0.2) is 56.7 Å². The topological polar surface area (TPSA) is 110 Å². The summed E-state index contributed by atoms with van der Waals surface area (Å²) in [6, 6.07) is 13.3. The predicted octanol–water partition coefficient (Wildman–Crippen LogP) is -0.0369. The van der Waals surface area contributed by atoms with E-state index in [-0.39, 0.29) is 0 Å². The molecule has 21 heavy (non-hydrogen) atoms. The van der Waals surface area contributed by atoms with E-state index in [2.05, 4.69) is 4.74 Å². The van der Waals surface area contributed by atoms with Gasteiger partial charge in [0.25, 0.3) is 0 Å². The van der Waals surface area contributed by atoms with Crippen LogP contribution in [0.15, 0.2) is 42.5 Å². The normalized spacial score (nSPS) is 28.2. The quantitative estimate of drug-likeness (QED) is 0.505. The van der Waals surface area contributed by atoms with Gasteiger partial charge in [-0.25, -0.2) is 0 Å². The zero-order valence-corrected chi connectivity index (χ0v) is 11.2. The molecule has 0 bridgehead atoms. The molecule has 3 rings (SSSR count). The Bertz CT molecular complexity index is 582. The van der Waals surface area contributed by atoms with Crippen molar-refractivity contribution in [3.05, 3.63) is 42.5 Å². The highest BCUT2D eigenvalue weighted by molar-refractivity contribution is 5.87. The van der Waals surface area contributed by atoms with Crippen LogP contribution in [0.5, 0.6) is 5.75 Å². The smallest absolute Gasteiger partial charge is 0.184 e. The highest BCUT2D eigenvalue weighted by Crippen LogP contribution is 2.23. The van der Waals surface area contributed by atoms with Crippen molar-refractivity contribution in [2.75, 3.05) is 6.61 Å². The lowest BCUT2D eigenvalue weighted by Gasteiger charge is -2.09. The van der Waals surface area contributed by atoms with Crippen LogP contribution in [-0.2, 0) is 4.74 Å². The second-order valence-corrected chi connectivity index (χ2v) is 4.73. The van der Waals surface area contributed by atoms with E-state index in [1.807, 2.05) is 36.4 Å². The largest absolute Gasteiger partial charge is 0.507 e. The number of phenols is 1. The van der Waals surface area contributed by atoms with Crippen molar-refractivity contribution in [3.8, 4) is 5.75 Å². The lowest BCUT2D eigenvalue weighted by Crippen LogP contribution is -2.33. The summed E-state index contributed by atoms with van der Waals surface area (Å²) >= 11 is 0. The van der Waals surface area contributed by atoms with Crippen molar-refractivity contribution in [2.24, 2.45) is 0 Å². The molecule has 4 atom stereocenters. The van der Waals surface area contributed by atoms with Crippen LogP contribution in [0.3, 0.4) is 0 Å². The molecule has 1 aliphatic heterocycles. The van der Waals surface area contributed by atoms with Gasteiger partial charge >= 0.3 is 0 Å². The Kier molecular flexibility index (Phi) is 5.11. The molecule has 0 unspecified atom stereocenters. The summed E-state index contributed by atoms with van der Waals surface area (Å²) in [5.74, 6) is 0.350. The molecule has 1 fully saturated rings. The summed E-state index contributed by atoms with van der Waals surface area (Å²) < 4.78 is 4.54. The summed E-state index contributed by atoms with van der Waals surface area (Å²) in [7, 11) is 0. The van der Waals surface area contributed by atoms with Gasteiger partial charge in [-0.3, -0.25) is 0 Å². The van der Waals surface area contributed by atoms with E-state index in [1.54, 1.807) is 6.07 Å². The first-order valence-corrected chi connectivity index (χ1v) is 6.52. The van der Waals surface area contributed by atoms with Gasteiger partial charge in [-0.2, -0.15) is 0 Å². The molecular formula is C15H18O6. The Hall–Kier alpha value is -1.70. The van der Waals surface area contributed by atoms with Crippen LogP contribution in [0.4, 0.5) is 0 Å². The number of aliphatic hydroxyl groups excluding tert-OH is 4. The van der Waals surface area contributed by atoms with E-state index >= 15 is 0 Å². The summed E-state index contributed by atoms with van der Waals surface area (Å²) in [5, 5.41) is 46.3. The van der Waals surface area contributed by atoms with E-state index in [0.717, 1.165) is 10.8 Å². The third-order valence-electron chi connectivity index (χ3n) is 3.28. The van der Waals surface area contributed by atoms with Crippen molar-refractivity contribution in [1.82, 2.24) is 0 Å². The molecule has 0 aliphatic carbocycles. The summed E-state index contributed by atoms with van der Waals surface area (Å²) in [4.78, 5) is 0. The Balaban J connectivity index is 0.000000155. The van der Waals surface area contributed by atoms with Crippen LogP contribution < -0.4 is 0 Å². The second kappa shape index (κ2) is 6.84. The van der Waals surface area contributed by atoms with Crippen molar-refractivity contribution in [2.45, 2.75) is 24.6 Å². The number of benzene rings is 2. The Morgan fingerprint density at radius 1 is 0.905 bits per heavy atom. The van der Waals surface area contributed by atoms with E-state index in [1.165, 1.54) is 0 Å². The molecule has 0 amide bonds. The highest BCUT2D eigenvalue weighted by atomic mass is 16.6. The predicted molar refractivity (Wildman–Crippen MR) is 75.6 cm³/mol. The number of rotatable bonds is 1. The second-order valence-electron chi connectivity index (χ2n) is 4.73. The monoisotopic (exact) mass is 294 g/mol. The minimum absolute atomic E-state index is 0.350. The molecule has 6 nitrogen and oxygen atoms in total. The van der Waals surface area contributed by atoms with Crippen LogP contribution >= 0.6 is 0 Å². The van der Waals surface area contributed by atoms with Gasteiger partial charge in [-0.05, 0) is 11.5 Å². The first-order chi connectivity index (χ1) is 10.0. The first-order valence-electron chi connectivity index (χ1n) is 6.52. The van der Waals surface area contributed by atoms with Gasteiger partial charge in [0.2, 0.25) is 0 Å². The summed E-state index contributed by atoms with van der Waals surface area (Å²) in [5.41, 5.74) is 0. The van der Waals surface area contributed by atoms with Gasteiger partial charge in [-0.15, -0.1) is 0 Å². The SMILES string of the molecule is OC[C@H]1O[C@@H](O)[C@H](O)[C@@H]1O.Oc1cccc2ccccc12. The standard InChI is InChI=1S/C10H8O.C5H10O5/c11-10-7-3-5-8-4-1-2-6-9(8)10;6-1-2-3(7)4(8)5(9)10-2/h1-7,11H;2-9H,1H2/t;2-,3-,4-,5-/m.1/s1. The van der Waals surface area contributed by atoms with Crippen molar-refractivity contribution in [3.63, 3.8) is 0 Å². The fourth-order valence-corrected chi connectivity index (χ4v) is 2.09. The van der Waals surface area contributed by atoms with E-state index < -0.39 is 31.2 Å². The third-order valence-corrected chi connectivity index (χ3v) is 3.28. The average Bonchev–Trinajstić information content (AvgIpc) is 2.75. The number of ether oxygens (including phenoxy) is 1. The Morgan fingerprint density at radius 3 is 2.10 bits per heavy atom. The van der Waals surface area contributed by atoms with Gasteiger partial charge in [0.15, 0.2) is 6.29 Å². The van der Waals surface area contributed by atoms with Crippen LogP contribution in [0.1, 0.15) is 0 Å². The van der Waals surface area contributed by atoms with Gasteiger partial charge in [0.1, 0.15) is 24.1 Å². The lowest BCUT2D eigenvalue weighted by molar-refractivity contribution is -0.132. The minimum Gasteiger partial charge on any atom is -0.507 e. The van der Waals surface area contributed by atoms with Gasteiger partial charge < -0.3 is 30.3 Å². The molecule has 5 N–H and O–H groups in total. The van der Waals surface area contributed by atoms with Crippen molar-refractivity contribution >= 4 is 10.8 Å². The maximum atomic E-state index is 9.37. The first kappa shape index (κ1) is 15.7. The summed E-state index contributed by atoms with van der Waals surface area (Å²) in [6.07, 6.45) is -4.76. The molecule has 0 radical (unpaired) electrons. The Morgan fingerprint density at radius 2 is 1.57 bits per heavy atom. The van der Waals surface area contributed by atoms with Crippen LogP contribution in [0, 0.1) is 0 Å². The van der Waals surface area contributed by atoms with Gasteiger partial charge in [0.05, 0.1) is 6.61 Å². The molecule has 2 aromatic rings. The maximum Gasteiger partial charge on any atom is 0.184 e. The molecule has 1 saturated heterocycles. The molecule has 1 aliphatic rings. The van der Waals surface area contributed by atoms with Crippen molar-refractivity contribution in [1.29, 1.82) is 0 Å². The number of hydrogen-bond donors (Lipinski definition) is 5. The van der Waals surface area contributed by atoms with E-state index in [9.17, 15) is 5.11 Å². The summed E-state index contributed by atoms with van der Waals surface area (Å²) in [6.45, 7) is -0.407. The number of hydrogen-bond acceptors (Lipinski definition) is 6. The fourth-order valence-electron chi connectivity index (χ4n) is 2.09. The van der Waals surface area contributed by atoms with E-state index in [0.29, 0.717) is 5.75 Å². The molecular weight excluding hydrogens is 276 g/mol. The molecule has 0 aromatic heterocycles. The molecule has 1 heterocycles. The number of aromatic hydroxyl groups is 1. The van der Waals surface area contributed by atoms with Crippen LogP contribution in [0.25, 0.3) is 10.8 Å². The molecule has 114 valence electrons. The zero-order chi connectivity index (χ0) is 15.4. The zero-order valence-electron chi connectivity index (χ0n) is 11.2. The molecule has 0 spiro atoms. The minimum atomic E-state index is -1.38. The van der Waals surface area contributed by atoms with Gasteiger partial charge in [-0.1, -0.05) is 36.4 Å². The highest BCUT2D eigenvalue weighted by Gasteiger charge is 2.41.